The Labute approximate surface area is 123 Å². The maximum atomic E-state index is 6.04. The van der Waals surface area contributed by atoms with Gasteiger partial charge in [-0.25, -0.2) is 4.98 Å². The number of nitrogens with two attached hydrogens (primary N) is 1. The van der Waals surface area contributed by atoms with Crippen LogP contribution in [0.25, 0.3) is 11.3 Å². The number of benzene rings is 1. The van der Waals surface area contributed by atoms with E-state index in [0.717, 1.165) is 34.2 Å². The summed E-state index contributed by atoms with van der Waals surface area (Å²) in [6.45, 7) is 4.00. The fourth-order valence-corrected chi connectivity index (χ4v) is 2.95. The van der Waals surface area contributed by atoms with Crippen molar-refractivity contribution in [1.82, 2.24) is 4.98 Å². The average Bonchev–Trinajstić information content (AvgIpc) is 2.84. The van der Waals surface area contributed by atoms with Crippen LogP contribution >= 0.6 is 11.3 Å². The van der Waals surface area contributed by atoms with Crippen LogP contribution in [0.1, 0.15) is 18.9 Å². The lowest BCUT2D eigenvalue weighted by molar-refractivity contribution is 0.404. The quantitative estimate of drug-likeness (QED) is 0.920. The van der Waals surface area contributed by atoms with Gasteiger partial charge in [0.15, 0.2) is 0 Å². The van der Waals surface area contributed by atoms with Crippen molar-refractivity contribution >= 4 is 11.3 Å². The molecule has 0 aliphatic carbocycles. The Kier molecular flexibility index (Phi) is 4.30. The average molecular weight is 292 g/mol. The molecule has 0 amide bonds. The van der Waals surface area contributed by atoms with Crippen LogP contribution in [0.2, 0.25) is 0 Å². The predicted molar refractivity (Wildman–Crippen MR) is 82.6 cm³/mol. The monoisotopic (exact) mass is 292 g/mol. The number of rotatable bonds is 5. The lowest BCUT2D eigenvalue weighted by Crippen LogP contribution is -2.34. The summed E-state index contributed by atoms with van der Waals surface area (Å²) >= 11 is 1.62. The van der Waals surface area contributed by atoms with Gasteiger partial charge >= 0.3 is 0 Å². The third-order valence-corrected chi connectivity index (χ3v) is 3.69. The molecule has 20 heavy (non-hydrogen) atoms. The highest BCUT2D eigenvalue weighted by Crippen LogP contribution is 2.34. The molecule has 2 aromatic rings. The van der Waals surface area contributed by atoms with E-state index in [1.165, 1.54) is 0 Å². The maximum absolute atomic E-state index is 6.04. The molecule has 2 N–H and O–H groups in total. The molecule has 1 heterocycles. The van der Waals surface area contributed by atoms with Crippen molar-refractivity contribution in [3.8, 4) is 22.8 Å². The van der Waals surface area contributed by atoms with Crippen molar-refractivity contribution in [2.24, 2.45) is 5.73 Å². The first-order valence-electron chi connectivity index (χ1n) is 6.38. The van der Waals surface area contributed by atoms with E-state index < -0.39 is 0 Å². The van der Waals surface area contributed by atoms with E-state index in [1.807, 2.05) is 37.4 Å². The van der Waals surface area contributed by atoms with E-state index in [2.05, 4.69) is 4.98 Å². The molecule has 5 heteroatoms. The number of hydrogen-bond acceptors (Lipinski definition) is 5. The van der Waals surface area contributed by atoms with Gasteiger partial charge in [0, 0.05) is 22.9 Å². The summed E-state index contributed by atoms with van der Waals surface area (Å²) in [6.07, 6.45) is 0.754. The molecule has 0 radical (unpaired) electrons. The highest BCUT2D eigenvalue weighted by Gasteiger charge is 2.16. The smallest absolute Gasteiger partial charge is 0.128 e. The summed E-state index contributed by atoms with van der Waals surface area (Å²) in [5, 5.41) is 3.05. The topological polar surface area (TPSA) is 57.4 Å². The molecule has 2 rings (SSSR count). The second kappa shape index (κ2) is 5.81. The standard InChI is InChI=1S/C15H20N2O2S/c1-15(2,16)8-14-17-12(9-20-14)11-7-10(18-3)5-6-13(11)19-4/h5-7,9H,8,16H2,1-4H3. The van der Waals surface area contributed by atoms with E-state index in [0.29, 0.717) is 0 Å². The van der Waals surface area contributed by atoms with Crippen LogP contribution in [0.4, 0.5) is 0 Å². The Hall–Kier alpha value is -1.59. The third-order valence-electron chi connectivity index (χ3n) is 2.84. The highest BCUT2D eigenvalue weighted by atomic mass is 32.1. The molecule has 0 saturated carbocycles. The Morgan fingerprint density at radius 1 is 1.25 bits per heavy atom. The summed E-state index contributed by atoms with van der Waals surface area (Å²) in [6, 6.07) is 5.70. The van der Waals surface area contributed by atoms with Gasteiger partial charge in [0.25, 0.3) is 0 Å². The third kappa shape index (κ3) is 3.49. The zero-order chi connectivity index (χ0) is 14.8. The van der Waals surface area contributed by atoms with Crippen LogP contribution in [0.15, 0.2) is 23.6 Å². The largest absolute Gasteiger partial charge is 0.497 e. The van der Waals surface area contributed by atoms with E-state index in [4.69, 9.17) is 15.2 Å². The lowest BCUT2D eigenvalue weighted by Gasteiger charge is -2.15. The van der Waals surface area contributed by atoms with Gasteiger partial charge < -0.3 is 15.2 Å². The molecule has 4 nitrogen and oxygen atoms in total. The van der Waals surface area contributed by atoms with Crippen LogP contribution in [0, 0.1) is 0 Å². The number of nitrogens with zero attached hydrogens (tertiary/aromatic N) is 1. The van der Waals surface area contributed by atoms with Gasteiger partial charge in [-0.05, 0) is 32.0 Å². The van der Waals surface area contributed by atoms with Crippen molar-refractivity contribution in [1.29, 1.82) is 0 Å². The molecule has 0 saturated heterocycles. The minimum absolute atomic E-state index is 0.256. The SMILES string of the molecule is COc1ccc(OC)c(-c2csc(CC(C)(C)N)n2)c1. The summed E-state index contributed by atoms with van der Waals surface area (Å²) in [4.78, 5) is 4.65. The van der Waals surface area contributed by atoms with Crippen LogP contribution in [-0.2, 0) is 6.42 Å². The molecular formula is C15H20N2O2S. The fourth-order valence-electron chi connectivity index (χ4n) is 1.92. The molecule has 0 aliphatic heterocycles. The van der Waals surface area contributed by atoms with Crippen molar-refractivity contribution in [3.63, 3.8) is 0 Å². The summed E-state index contributed by atoms with van der Waals surface area (Å²) in [5.41, 5.74) is 7.61. The molecule has 1 aromatic heterocycles. The van der Waals surface area contributed by atoms with Crippen molar-refractivity contribution in [2.75, 3.05) is 14.2 Å². The Balaban J connectivity index is 2.36. The molecule has 0 fully saturated rings. The van der Waals surface area contributed by atoms with Crippen molar-refractivity contribution < 1.29 is 9.47 Å². The molecule has 1 aromatic carbocycles. The van der Waals surface area contributed by atoms with E-state index in [-0.39, 0.29) is 5.54 Å². The predicted octanol–water partition coefficient (Wildman–Crippen LogP) is 3.11. The Morgan fingerprint density at radius 3 is 2.60 bits per heavy atom. The maximum Gasteiger partial charge on any atom is 0.128 e. The highest BCUT2D eigenvalue weighted by molar-refractivity contribution is 7.10. The van der Waals surface area contributed by atoms with Crippen LogP contribution < -0.4 is 15.2 Å². The van der Waals surface area contributed by atoms with Gasteiger partial charge in [0.1, 0.15) is 11.5 Å². The van der Waals surface area contributed by atoms with Gasteiger partial charge in [0.2, 0.25) is 0 Å². The first-order valence-corrected chi connectivity index (χ1v) is 7.26. The molecule has 0 aliphatic rings. The lowest BCUT2D eigenvalue weighted by atomic mass is 10.0. The van der Waals surface area contributed by atoms with Gasteiger partial charge in [-0.3, -0.25) is 0 Å². The van der Waals surface area contributed by atoms with E-state index in [9.17, 15) is 0 Å². The molecular weight excluding hydrogens is 272 g/mol. The van der Waals surface area contributed by atoms with Gasteiger partial charge in [-0.2, -0.15) is 0 Å². The molecule has 0 spiro atoms. The van der Waals surface area contributed by atoms with E-state index >= 15 is 0 Å². The Bertz CT molecular complexity index is 588. The molecule has 0 bridgehead atoms. The second-order valence-corrected chi connectivity index (χ2v) is 6.30. The number of ether oxygens (including phenoxy) is 2. The number of thiazole rings is 1. The number of methoxy groups -OCH3 is 2. The van der Waals surface area contributed by atoms with Crippen molar-refractivity contribution in [2.45, 2.75) is 25.8 Å². The van der Waals surface area contributed by atoms with Crippen LogP contribution in [0.3, 0.4) is 0 Å². The second-order valence-electron chi connectivity index (χ2n) is 5.36. The van der Waals surface area contributed by atoms with Crippen LogP contribution in [-0.4, -0.2) is 24.7 Å². The van der Waals surface area contributed by atoms with E-state index in [1.54, 1.807) is 25.6 Å². The first-order chi connectivity index (χ1) is 9.43. The number of hydrogen-bond donors (Lipinski definition) is 1. The molecule has 0 unspecified atom stereocenters. The summed E-state index contributed by atoms with van der Waals surface area (Å²) in [7, 11) is 3.30. The van der Waals surface area contributed by atoms with Crippen molar-refractivity contribution in [3.05, 3.63) is 28.6 Å². The normalized spacial score (nSPS) is 11.4. The Morgan fingerprint density at radius 2 is 2.00 bits per heavy atom. The van der Waals surface area contributed by atoms with Gasteiger partial charge in [-0.15, -0.1) is 11.3 Å². The fraction of sp³-hybridized carbons (Fsp3) is 0.400. The minimum Gasteiger partial charge on any atom is -0.497 e. The first kappa shape index (κ1) is 14.8. The van der Waals surface area contributed by atoms with Crippen LogP contribution in [0.5, 0.6) is 11.5 Å². The number of aromatic nitrogens is 1. The molecule has 108 valence electrons. The van der Waals surface area contributed by atoms with Gasteiger partial charge in [0.05, 0.1) is 24.9 Å². The summed E-state index contributed by atoms with van der Waals surface area (Å²) < 4.78 is 10.7. The van der Waals surface area contributed by atoms with Gasteiger partial charge in [-0.1, -0.05) is 0 Å². The zero-order valence-corrected chi connectivity index (χ0v) is 13.1. The summed E-state index contributed by atoms with van der Waals surface area (Å²) in [5.74, 6) is 1.57. The minimum atomic E-state index is -0.256. The molecule has 0 atom stereocenters. The zero-order valence-electron chi connectivity index (χ0n) is 12.3.